The molecule has 0 aromatic heterocycles. The molecule has 3 heterocycles. The Kier molecular flexibility index (Phi) is 11.0. The predicted molar refractivity (Wildman–Crippen MR) is 140 cm³/mol. The molecule has 32 heavy (non-hydrogen) atoms. The van der Waals surface area contributed by atoms with E-state index in [1.54, 1.807) is 0 Å². The third-order valence-electron chi connectivity index (χ3n) is 6.95. The largest absolute Gasteiger partial charge is 0.381 e. The minimum Gasteiger partial charge on any atom is -0.381 e. The average Bonchev–Trinajstić information content (AvgIpc) is 3.54. The molecule has 3 aliphatic heterocycles. The van der Waals surface area contributed by atoms with Gasteiger partial charge in [0, 0.05) is 51.8 Å². The summed E-state index contributed by atoms with van der Waals surface area (Å²) in [6, 6.07) is 11.7. The van der Waals surface area contributed by atoms with Crippen LogP contribution in [0.2, 0.25) is 0 Å². The van der Waals surface area contributed by atoms with Gasteiger partial charge in [-0.25, -0.2) is 0 Å². The number of hydrogen-bond acceptors (Lipinski definition) is 5. The molecule has 4 rings (SSSR count). The quantitative estimate of drug-likeness (QED) is 0.291. The van der Waals surface area contributed by atoms with Crippen LogP contribution in [0.3, 0.4) is 0 Å². The summed E-state index contributed by atoms with van der Waals surface area (Å²) in [5, 5.41) is 7.24. The molecule has 1 aromatic carbocycles. The third-order valence-corrected chi connectivity index (χ3v) is 6.95. The Hall–Kier alpha value is -0.940. The van der Waals surface area contributed by atoms with Crippen molar-refractivity contribution >= 4 is 29.9 Å². The van der Waals surface area contributed by atoms with Gasteiger partial charge in [0.25, 0.3) is 0 Å². The van der Waals surface area contributed by atoms with Gasteiger partial charge < -0.3 is 20.1 Å². The van der Waals surface area contributed by atoms with Crippen molar-refractivity contribution < 1.29 is 9.47 Å². The summed E-state index contributed by atoms with van der Waals surface area (Å²) in [6.45, 7) is 9.49. The van der Waals surface area contributed by atoms with Crippen LogP contribution in [0.4, 0.5) is 0 Å². The van der Waals surface area contributed by atoms with E-state index in [0.29, 0.717) is 18.0 Å². The van der Waals surface area contributed by atoms with Gasteiger partial charge in [0.1, 0.15) is 0 Å². The number of halogens is 1. The Bertz CT molecular complexity index is 674. The van der Waals surface area contributed by atoms with Gasteiger partial charge in [-0.05, 0) is 37.9 Å². The van der Waals surface area contributed by atoms with Crippen molar-refractivity contribution in [1.82, 2.24) is 20.4 Å². The van der Waals surface area contributed by atoms with E-state index in [1.165, 1.54) is 31.5 Å². The highest BCUT2D eigenvalue weighted by Crippen LogP contribution is 2.24. The third kappa shape index (κ3) is 7.03. The lowest BCUT2D eigenvalue weighted by Crippen LogP contribution is -2.54. The SMILES string of the molecule is CN=C(NCC(c1ccccc1)N1CCCC1)NCC(C1CCOC1)N1CCOCC1.I. The van der Waals surface area contributed by atoms with Gasteiger partial charge >= 0.3 is 0 Å². The van der Waals surface area contributed by atoms with Gasteiger partial charge in [-0.3, -0.25) is 14.8 Å². The lowest BCUT2D eigenvalue weighted by Gasteiger charge is -2.38. The smallest absolute Gasteiger partial charge is 0.191 e. The van der Waals surface area contributed by atoms with E-state index in [0.717, 1.165) is 65.0 Å². The van der Waals surface area contributed by atoms with Crippen molar-refractivity contribution in [2.24, 2.45) is 10.9 Å². The number of guanidine groups is 1. The lowest BCUT2D eigenvalue weighted by atomic mass is 9.97. The molecule has 0 saturated carbocycles. The molecule has 3 unspecified atom stereocenters. The van der Waals surface area contributed by atoms with Gasteiger partial charge in [-0.2, -0.15) is 0 Å². The summed E-state index contributed by atoms with van der Waals surface area (Å²) in [5.41, 5.74) is 1.38. The van der Waals surface area contributed by atoms with Gasteiger partial charge in [0.2, 0.25) is 0 Å². The summed E-state index contributed by atoms with van der Waals surface area (Å²) in [5.74, 6) is 1.46. The van der Waals surface area contributed by atoms with Crippen LogP contribution < -0.4 is 10.6 Å². The van der Waals surface area contributed by atoms with E-state index >= 15 is 0 Å². The molecule has 0 aliphatic carbocycles. The summed E-state index contributed by atoms with van der Waals surface area (Å²) < 4.78 is 11.3. The fourth-order valence-corrected chi connectivity index (χ4v) is 5.16. The lowest BCUT2D eigenvalue weighted by molar-refractivity contribution is 0.00246. The summed E-state index contributed by atoms with van der Waals surface area (Å²) in [6.07, 6.45) is 3.72. The monoisotopic (exact) mass is 557 g/mol. The van der Waals surface area contributed by atoms with E-state index in [2.05, 4.69) is 55.8 Å². The molecule has 1 aromatic rings. The number of likely N-dealkylation sites (tertiary alicyclic amines) is 1. The molecular formula is C24H40IN5O2. The van der Waals surface area contributed by atoms with Crippen molar-refractivity contribution in [1.29, 1.82) is 0 Å². The van der Waals surface area contributed by atoms with E-state index < -0.39 is 0 Å². The number of benzene rings is 1. The van der Waals surface area contributed by atoms with E-state index in [1.807, 2.05) is 7.05 Å². The second-order valence-electron chi connectivity index (χ2n) is 8.84. The number of hydrogen-bond donors (Lipinski definition) is 2. The fraction of sp³-hybridized carbons (Fsp3) is 0.708. The standard InChI is InChI=1S/C24H39N5O2.HI/c1-25-24(26-17-22(28-10-5-6-11-28)20-7-3-2-4-8-20)27-18-23(21-9-14-31-19-21)29-12-15-30-16-13-29;/h2-4,7-8,21-23H,5-6,9-19H2,1H3,(H2,25,26,27);1H. The van der Waals surface area contributed by atoms with Gasteiger partial charge in [-0.15, -0.1) is 24.0 Å². The molecular weight excluding hydrogens is 517 g/mol. The normalized spacial score (nSPS) is 24.7. The topological polar surface area (TPSA) is 61.4 Å². The van der Waals surface area contributed by atoms with Crippen molar-refractivity contribution in [2.75, 3.05) is 72.7 Å². The molecule has 2 N–H and O–H groups in total. The van der Waals surface area contributed by atoms with Crippen LogP contribution in [-0.2, 0) is 9.47 Å². The van der Waals surface area contributed by atoms with E-state index in [9.17, 15) is 0 Å². The zero-order valence-electron chi connectivity index (χ0n) is 19.4. The number of ether oxygens (including phenoxy) is 2. The first-order valence-corrected chi connectivity index (χ1v) is 12.0. The molecule has 0 spiro atoms. The molecule has 180 valence electrons. The summed E-state index contributed by atoms with van der Waals surface area (Å²) in [4.78, 5) is 9.69. The summed E-state index contributed by atoms with van der Waals surface area (Å²) >= 11 is 0. The van der Waals surface area contributed by atoms with Crippen LogP contribution in [0.15, 0.2) is 35.3 Å². The van der Waals surface area contributed by atoms with Crippen LogP contribution in [0.5, 0.6) is 0 Å². The highest BCUT2D eigenvalue weighted by Gasteiger charge is 2.31. The predicted octanol–water partition coefficient (Wildman–Crippen LogP) is 2.34. The van der Waals surface area contributed by atoms with Crippen molar-refractivity contribution in [3.63, 3.8) is 0 Å². The molecule has 3 atom stereocenters. The Morgan fingerprint density at radius 1 is 0.969 bits per heavy atom. The zero-order valence-corrected chi connectivity index (χ0v) is 21.7. The summed E-state index contributed by atoms with van der Waals surface area (Å²) in [7, 11) is 1.87. The zero-order chi connectivity index (χ0) is 21.3. The fourth-order valence-electron chi connectivity index (χ4n) is 5.16. The molecule has 7 nitrogen and oxygen atoms in total. The van der Waals surface area contributed by atoms with Gasteiger partial charge in [0.15, 0.2) is 5.96 Å². The molecule has 8 heteroatoms. The Morgan fingerprint density at radius 3 is 2.34 bits per heavy atom. The van der Waals surface area contributed by atoms with Crippen LogP contribution in [0, 0.1) is 5.92 Å². The number of rotatable bonds is 8. The second kappa shape index (κ2) is 13.7. The molecule has 0 radical (unpaired) electrons. The molecule has 3 fully saturated rings. The first-order chi connectivity index (χ1) is 15.3. The van der Waals surface area contributed by atoms with E-state index in [4.69, 9.17) is 9.47 Å². The van der Waals surface area contributed by atoms with Gasteiger partial charge in [-0.1, -0.05) is 30.3 Å². The van der Waals surface area contributed by atoms with E-state index in [-0.39, 0.29) is 24.0 Å². The molecule has 0 bridgehead atoms. The number of morpholine rings is 1. The number of aliphatic imine (C=N–C) groups is 1. The van der Waals surface area contributed by atoms with Crippen LogP contribution in [-0.4, -0.2) is 94.5 Å². The Balaban J connectivity index is 0.00000289. The Labute approximate surface area is 210 Å². The molecule has 3 saturated heterocycles. The first-order valence-electron chi connectivity index (χ1n) is 12.0. The van der Waals surface area contributed by atoms with Crippen molar-refractivity contribution in [3.05, 3.63) is 35.9 Å². The highest BCUT2D eigenvalue weighted by molar-refractivity contribution is 14.0. The average molecular weight is 558 g/mol. The minimum atomic E-state index is 0. The van der Waals surface area contributed by atoms with Crippen LogP contribution >= 0.6 is 24.0 Å². The first kappa shape index (κ1) is 25.7. The maximum absolute atomic E-state index is 5.71. The molecule has 0 amide bonds. The number of nitrogens with one attached hydrogen (secondary N) is 2. The Morgan fingerprint density at radius 2 is 1.69 bits per heavy atom. The highest BCUT2D eigenvalue weighted by atomic mass is 127. The maximum Gasteiger partial charge on any atom is 0.191 e. The maximum atomic E-state index is 5.71. The van der Waals surface area contributed by atoms with Crippen LogP contribution in [0.1, 0.15) is 30.9 Å². The molecule has 3 aliphatic rings. The van der Waals surface area contributed by atoms with Crippen molar-refractivity contribution in [3.8, 4) is 0 Å². The van der Waals surface area contributed by atoms with Crippen molar-refractivity contribution in [2.45, 2.75) is 31.3 Å². The minimum absolute atomic E-state index is 0. The van der Waals surface area contributed by atoms with Crippen LogP contribution in [0.25, 0.3) is 0 Å². The second-order valence-corrected chi connectivity index (χ2v) is 8.84. The number of nitrogens with zero attached hydrogens (tertiary/aromatic N) is 3. The van der Waals surface area contributed by atoms with Gasteiger partial charge in [0.05, 0.1) is 25.9 Å².